The normalized spacial score (nSPS) is 10.3. The number of aromatic nitrogens is 2. The summed E-state index contributed by atoms with van der Waals surface area (Å²) in [7, 11) is 0. The fourth-order valence-corrected chi connectivity index (χ4v) is 2.04. The molecule has 0 saturated heterocycles. The summed E-state index contributed by atoms with van der Waals surface area (Å²) in [4.78, 5) is 22.5. The van der Waals surface area contributed by atoms with Gasteiger partial charge in [0.2, 0.25) is 5.69 Å². The Morgan fingerprint density at radius 1 is 1.00 bits per heavy atom. The number of carbonyl (C=O) groups is 1. The van der Waals surface area contributed by atoms with Crippen LogP contribution in [0.25, 0.3) is 5.69 Å². The van der Waals surface area contributed by atoms with Crippen LogP contribution >= 0.6 is 0 Å². The van der Waals surface area contributed by atoms with Crippen LogP contribution in [0, 0.1) is 0 Å². The minimum atomic E-state index is -1.51. The van der Waals surface area contributed by atoms with Gasteiger partial charge in [0.1, 0.15) is 11.5 Å². The van der Waals surface area contributed by atoms with Crippen LogP contribution in [0.15, 0.2) is 65.6 Å². The zero-order valence-electron chi connectivity index (χ0n) is 12.3. The fourth-order valence-electron chi connectivity index (χ4n) is 2.04. The SMILES string of the molecule is O=C(O)c1nn(-c2ccc(Oc3ccccc3)cc2)cc(O)c1=O. The molecule has 2 N–H and O–H groups in total. The van der Waals surface area contributed by atoms with Crippen molar-refractivity contribution in [2.24, 2.45) is 0 Å². The molecule has 7 nitrogen and oxygen atoms in total. The van der Waals surface area contributed by atoms with Crippen LogP contribution in [0.2, 0.25) is 0 Å². The van der Waals surface area contributed by atoms with Gasteiger partial charge in [0.05, 0.1) is 11.9 Å². The summed E-state index contributed by atoms with van der Waals surface area (Å²) >= 11 is 0. The Balaban J connectivity index is 1.91. The van der Waals surface area contributed by atoms with Gasteiger partial charge in [-0.1, -0.05) is 18.2 Å². The number of aromatic hydroxyl groups is 1. The Morgan fingerprint density at radius 2 is 1.62 bits per heavy atom. The summed E-state index contributed by atoms with van der Waals surface area (Å²) in [6.45, 7) is 0. The van der Waals surface area contributed by atoms with Crippen LogP contribution in [0.1, 0.15) is 10.5 Å². The first kappa shape index (κ1) is 15.3. The zero-order valence-corrected chi connectivity index (χ0v) is 12.3. The lowest BCUT2D eigenvalue weighted by molar-refractivity contribution is 0.0686. The summed E-state index contributed by atoms with van der Waals surface area (Å²) in [5.41, 5.74) is -1.31. The van der Waals surface area contributed by atoms with Crippen molar-refractivity contribution in [3.05, 3.63) is 76.7 Å². The first-order valence-corrected chi connectivity index (χ1v) is 6.94. The second kappa shape index (κ2) is 6.25. The van der Waals surface area contributed by atoms with Crippen molar-refractivity contribution in [2.45, 2.75) is 0 Å². The maximum atomic E-state index is 11.5. The molecule has 0 saturated carbocycles. The monoisotopic (exact) mass is 324 g/mol. The van der Waals surface area contributed by atoms with E-state index in [9.17, 15) is 14.7 Å². The van der Waals surface area contributed by atoms with Crippen molar-refractivity contribution in [3.63, 3.8) is 0 Å². The van der Waals surface area contributed by atoms with Crippen molar-refractivity contribution in [3.8, 4) is 22.9 Å². The summed E-state index contributed by atoms with van der Waals surface area (Å²) < 4.78 is 6.77. The highest BCUT2D eigenvalue weighted by Crippen LogP contribution is 2.22. The van der Waals surface area contributed by atoms with E-state index in [2.05, 4.69) is 5.10 Å². The summed E-state index contributed by atoms with van der Waals surface area (Å²) in [5.74, 6) is -0.938. The third kappa shape index (κ3) is 3.09. The van der Waals surface area contributed by atoms with Crippen LogP contribution in [-0.2, 0) is 0 Å². The van der Waals surface area contributed by atoms with E-state index in [1.807, 2.05) is 30.3 Å². The predicted molar refractivity (Wildman–Crippen MR) is 85.0 cm³/mol. The molecule has 2 aromatic carbocycles. The molecule has 24 heavy (non-hydrogen) atoms. The van der Waals surface area contributed by atoms with Gasteiger partial charge in [0, 0.05) is 0 Å². The van der Waals surface area contributed by atoms with E-state index in [1.165, 1.54) is 0 Å². The summed E-state index contributed by atoms with van der Waals surface area (Å²) in [6.07, 6.45) is 1.06. The number of rotatable bonds is 4. The van der Waals surface area contributed by atoms with E-state index in [1.54, 1.807) is 24.3 Å². The van der Waals surface area contributed by atoms with Gasteiger partial charge in [-0.2, -0.15) is 5.10 Å². The van der Waals surface area contributed by atoms with Gasteiger partial charge in [-0.3, -0.25) is 4.79 Å². The van der Waals surface area contributed by atoms with E-state index < -0.39 is 22.8 Å². The maximum absolute atomic E-state index is 11.5. The summed E-state index contributed by atoms with van der Waals surface area (Å²) in [6, 6.07) is 15.8. The van der Waals surface area contributed by atoms with E-state index in [4.69, 9.17) is 9.84 Å². The van der Waals surface area contributed by atoms with Crippen molar-refractivity contribution in [1.82, 2.24) is 9.78 Å². The molecule has 0 aliphatic rings. The average Bonchev–Trinajstić information content (AvgIpc) is 2.58. The third-order valence-electron chi connectivity index (χ3n) is 3.18. The molecule has 0 radical (unpaired) electrons. The number of para-hydroxylation sites is 1. The molecule has 1 aromatic heterocycles. The number of ether oxygens (including phenoxy) is 1. The first-order valence-electron chi connectivity index (χ1n) is 6.94. The first-order chi connectivity index (χ1) is 11.5. The molecule has 0 spiro atoms. The number of benzene rings is 2. The Morgan fingerprint density at radius 3 is 2.25 bits per heavy atom. The van der Waals surface area contributed by atoms with Crippen LogP contribution in [-0.4, -0.2) is 26.0 Å². The smallest absolute Gasteiger partial charge is 0.360 e. The second-order valence-corrected chi connectivity index (χ2v) is 4.85. The van der Waals surface area contributed by atoms with E-state index in [0.717, 1.165) is 10.9 Å². The van der Waals surface area contributed by atoms with Crippen LogP contribution in [0.5, 0.6) is 17.2 Å². The van der Waals surface area contributed by atoms with Crippen LogP contribution in [0.3, 0.4) is 0 Å². The number of carboxylic acid groups (broad SMARTS) is 1. The van der Waals surface area contributed by atoms with Gasteiger partial charge in [-0.15, -0.1) is 0 Å². The lowest BCUT2D eigenvalue weighted by atomic mass is 10.3. The molecule has 0 unspecified atom stereocenters. The Bertz CT molecular complexity index is 933. The lowest BCUT2D eigenvalue weighted by Gasteiger charge is -2.09. The van der Waals surface area contributed by atoms with Crippen molar-refractivity contribution in [1.29, 1.82) is 0 Å². The van der Waals surface area contributed by atoms with Crippen LogP contribution in [0.4, 0.5) is 0 Å². The fraction of sp³-hybridized carbons (Fsp3) is 0. The van der Waals surface area contributed by atoms with E-state index >= 15 is 0 Å². The minimum Gasteiger partial charge on any atom is -0.503 e. The highest BCUT2D eigenvalue weighted by Gasteiger charge is 2.16. The minimum absolute atomic E-state index is 0.466. The number of nitrogens with zero attached hydrogens (tertiary/aromatic N) is 2. The zero-order chi connectivity index (χ0) is 17.1. The number of hydrogen-bond acceptors (Lipinski definition) is 5. The van der Waals surface area contributed by atoms with Gasteiger partial charge in [-0.05, 0) is 36.4 Å². The molecule has 0 fully saturated rings. The molecule has 1 heterocycles. The van der Waals surface area contributed by atoms with Crippen LogP contribution < -0.4 is 10.2 Å². The van der Waals surface area contributed by atoms with Gasteiger partial charge in [0.25, 0.3) is 5.43 Å². The Labute approximate surface area is 136 Å². The van der Waals surface area contributed by atoms with Gasteiger partial charge < -0.3 is 14.9 Å². The maximum Gasteiger partial charge on any atom is 0.360 e. The second-order valence-electron chi connectivity index (χ2n) is 4.85. The number of hydrogen-bond donors (Lipinski definition) is 2. The molecule has 7 heteroatoms. The largest absolute Gasteiger partial charge is 0.503 e. The highest BCUT2D eigenvalue weighted by atomic mass is 16.5. The van der Waals surface area contributed by atoms with E-state index in [0.29, 0.717) is 17.2 Å². The molecule has 120 valence electrons. The van der Waals surface area contributed by atoms with Crippen molar-refractivity contribution >= 4 is 5.97 Å². The molecule has 0 aliphatic heterocycles. The standard InChI is InChI=1S/C17H12N2O5/c20-14-10-19(18-15(16(14)21)17(22)23)11-6-8-13(9-7-11)24-12-4-2-1-3-5-12/h1-10,20H,(H,22,23). The molecule has 0 bridgehead atoms. The molecular weight excluding hydrogens is 312 g/mol. The topological polar surface area (TPSA) is 102 Å². The van der Waals surface area contributed by atoms with Gasteiger partial charge in [-0.25, -0.2) is 9.48 Å². The lowest BCUT2D eigenvalue weighted by Crippen LogP contribution is -2.20. The summed E-state index contributed by atoms with van der Waals surface area (Å²) in [5, 5.41) is 22.3. The molecule has 0 amide bonds. The third-order valence-corrected chi connectivity index (χ3v) is 3.18. The van der Waals surface area contributed by atoms with Gasteiger partial charge in [0.15, 0.2) is 5.75 Å². The highest BCUT2D eigenvalue weighted by molar-refractivity contribution is 5.85. The molecular formula is C17H12N2O5. The average molecular weight is 324 g/mol. The molecule has 3 rings (SSSR count). The van der Waals surface area contributed by atoms with Crippen molar-refractivity contribution < 1.29 is 19.7 Å². The van der Waals surface area contributed by atoms with Gasteiger partial charge >= 0.3 is 5.97 Å². The number of carboxylic acids is 1. The molecule has 0 aliphatic carbocycles. The van der Waals surface area contributed by atoms with Crippen molar-refractivity contribution in [2.75, 3.05) is 0 Å². The molecule has 0 atom stereocenters. The number of aromatic carboxylic acids is 1. The van der Waals surface area contributed by atoms with E-state index in [-0.39, 0.29) is 0 Å². The predicted octanol–water partition coefficient (Wildman–Crippen LogP) is 2.43. The Kier molecular flexibility index (Phi) is 3.98. The quantitative estimate of drug-likeness (QED) is 0.764. The Hall–Kier alpha value is -3.61. The molecule has 3 aromatic rings.